The lowest BCUT2D eigenvalue weighted by molar-refractivity contribution is 0.0606. The maximum atomic E-state index is 13.3. The van der Waals surface area contributed by atoms with Crippen molar-refractivity contribution in [1.82, 2.24) is 9.80 Å². The standard InChI is InChI=1S/C22H24N2O2/c1-22-15-24(13-12-16-8-4-3-5-9-16)14-19(22)23(2)21(26)18-11-7-6-10-17(18)20(22)25/h3-11,19H,12-15H2,1-2H3/t19-,22+/m1/s1. The van der Waals surface area contributed by atoms with E-state index in [1.165, 1.54) is 5.56 Å². The highest BCUT2D eigenvalue weighted by Crippen LogP contribution is 2.40. The molecule has 0 N–H and O–H groups in total. The SMILES string of the molecule is CN1C(=O)c2ccccc2C(=O)[C@@]2(C)CN(CCc3ccccc3)C[C@@H]12. The summed E-state index contributed by atoms with van der Waals surface area (Å²) in [6.45, 7) is 4.35. The molecule has 0 spiro atoms. The van der Waals surface area contributed by atoms with E-state index >= 15 is 0 Å². The summed E-state index contributed by atoms with van der Waals surface area (Å²) in [5.74, 6) is 0.0468. The zero-order chi connectivity index (χ0) is 18.3. The number of fused-ring (bicyclic) bond motifs is 2. The summed E-state index contributed by atoms with van der Waals surface area (Å²) in [6.07, 6.45) is 0.950. The molecule has 2 heterocycles. The summed E-state index contributed by atoms with van der Waals surface area (Å²) in [6, 6.07) is 17.5. The fourth-order valence-corrected chi connectivity index (χ4v) is 4.46. The van der Waals surface area contributed by atoms with Gasteiger partial charge >= 0.3 is 0 Å². The first-order valence-electron chi connectivity index (χ1n) is 9.18. The zero-order valence-electron chi connectivity index (χ0n) is 15.3. The molecule has 0 aliphatic carbocycles. The van der Waals surface area contributed by atoms with Gasteiger partial charge in [-0.15, -0.1) is 0 Å². The van der Waals surface area contributed by atoms with Crippen LogP contribution in [0.3, 0.4) is 0 Å². The number of rotatable bonds is 3. The number of carbonyl (C=O) groups excluding carboxylic acids is 2. The monoisotopic (exact) mass is 348 g/mol. The van der Waals surface area contributed by atoms with Crippen LogP contribution < -0.4 is 0 Å². The Bertz CT molecular complexity index is 848. The van der Waals surface area contributed by atoms with E-state index in [0.29, 0.717) is 17.7 Å². The Morgan fingerprint density at radius 2 is 1.65 bits per heavy atom. The second-order valence-corrected chi connectivity index (χ2v) is 7.69. The Balaban J connectivity index is 1.60. The van der Waals surface area contributed by atoms with E-state index in [9.17, 15) is 9.59 Å². The van der Waals surface area contributed by atoms with Crippen LogP contribution in [0.25, 0.3) is 0 Å². The lowest BCUT2D eigenvalue weighted by atomic mass is 9.78. The van der Waals surface area contributed by atoms with Crippen LogP contribution in [0.5, 0.6) is 0 Å². The fraction of sp³-hybridized carbons (Fsp3) is 0.364. The van der Waals surface area contributed by atoms with Crippen molar-refractivity contribution in [3.63, 3.8) is 0 Å². The molecule has 4 nitrogen and oxygen atoms in total. The Morgan fingerprint density at radius 3 is 2.38 bits per heavy atom. The second kappa shape index (κ2) is 6.36. The highest BCUT2D eigenvalue weighted by molar-refractivity contribution is 6.12. The Kier molecular flexibility index (Phi) is 4.16. The van der Waals surface area contributed by atoms with E-state index in [4.69, 9.17) is 0 Å². The van der Waals surface area contributed by atoms with Crippen molar-refractivity contribution in [1.29, 1.82) is 0 Å². The van der Waals surface area contributed by atoms with Gasteiger partial charge in [-0.1, -0.05) is 48.5 Å². The van der Waals surface area contributed by atoms with E-state index in [2.05, 4.69) is 29.2 Å². The predicted octanol–water partition coefficient (Wildman–Crippen LogP) is 2.89. The molecule has 4 rings (SSSR count). The minimum absolute atomic E-state index is 0.0485. The number of nitrogens with zero attached hydrogens (tertiary/aromatic N) is 2. The molecule has 0 radical (unpaired) electrons. The van der Waals surface area contributed by atoms with Crippen molar-refractivity contribution in [3.8, 4) is 0 Å². The summed E-state index contributed by atoms with van der Waals surface area (Å²) in [5.41, 5.74) is 1.84. The van der Waals surface area contributed by atoms with Crippen LogP contribution in [0, 0.1) is 5.41 Å². The van der Waals surface area contributed by atoms with Gasteiger partial charge in [0.25, 0.3) is 5.91 Å². The normalized spacial score (nSPS) is 25.8. The summed E-state index contributed by atoms with van der Waals surface area (Å²) < 4.78 is 0. The third-order valence-electron chi connectivity index (χ3n) is 5.99. The average molecular weight is 348 g/mol. The molecule has 26 heavy (non-hydrogen) atoms. The van der Waals surface area contributed by atoms with Crippen LogP contribution >= 0.6 is 0 Å². The minimum atomic E-state index is -0.562. The topological polar surface area (TPSA) is 40.6 Å². The van der Waals surface area contributed by atoms with Crippen LogP contribution in [0.15, 0.2) is 54.6 Å². The molecule has 2 aromatic rings. The van der Waals surface area contributed by atoms with Gasteiger partial charge in [0.2, 0.25) is 0 Å². The highest BCUT2D eigenvalue weighted by Gasteiger charge is 2.53. The van der Waals surface area contributed by atoms with Gasteiger partial charge in [-0.25, -0.2) is 0 Å². The summed E-state index contributed by atoms with van der Waals surface area (Å²) >= 11 is 0. The maximum absolute atomic E-state index is 13.3. The summed E-state index contributed by atoms with van der Waals surface area (Å²) in [7, 11) is 1.83. The van der Waals surface area contributed by atoms with Crippen molar-refractivity contribution in [2.24, 2.45) is 5.41 Å². The van der Waals surface area contributed by atoms with Crippen molar-refractivity contribution in [3.05, 3.63) is 71.3 Å². The largest absolute Gasteiger partial charge is 0.336 e. The third kappa shape index (κ3) is 2.65. The molecule has 2 aliphatic heterocycles. The lowest BCUT2D eigenvalue weighted by Gasteiger charge is -2.32. The molecule has 4 heteroatoms. The van der Waals surface area contributed by atoms with Crippen LogP contribution in [0.4, 0.5) is 0 Å². The molecule has 2 aromatic carbocycles. The van der Waals surface area contributed by atoms with Crippen LogP contribution in [0.2, 0.25) is 0 Å². The van der Waals surface area contributed by atoms with Crippen molar-refractivity contribution < 1.29 is 9.59 Å². The summed E-state index contributed by atoms with van der Waals surface area (Å²) in [5, 5.41) is 0. The number of amides is 1. The lowest BCUT2D eigenvalue weighted by Crippen LogP contribution is -2.47. The van der Waals surface area contributed by atoms with Gasteiger partial charge in [0.05, 0.1) is 17.0 Å². The van der Waals surface area contributed by atoms with E-state index in [0.717, 1.165) is 19.5 Å². The number of benzene rings is 2. The van der Waals surface area contributed by atoms with Gasteiger partial charge in [-0.05, 0) is 25.0 Å². The minimum Gasteiger partial charge on any atom is -0.336 e. The van der Waals surface area contributed by atoms with Gasteiger partial charge in [-0.2, -0.15) is 0 Å². The number of carbonyl (C=O) groups is 2. The molecule has 134 valence electrons. The van der Waals surface area contributed by atoms with Crippen molar-refractivity contribution in [2.45, 2.75) is 19.4 Å². The summed E-state index contributed by atoms with van der Waals surface area (Å²) in [4.78, 5) is 30.4. The van der Waals surface area contributed by atoms with Crippen molar-refractivity contribution >= 4 is 11.7 Å². The fourth-order valence-electron chi connectivity index (χ4n) is 4.46. The molecule has 0 aromatic heterocycles. The van der Waals surface area contributed by atoms with Gasteiger partial charge in [-0.3, -0.25) is 14.5 Å². The number of likely N-dealkylation sites (tertiary alicyclic amines) is 1. The highest BCUT2D eigenvalue weighted by atomic mass is 16.2. The van der Waals surface area contributed by atoms with Crippen molar-refractivity contribution in [2.75, 3.05) is 26.7 Å². The molecule has 2 atom stereocenters. The number of Topliss-reactive ketones (excluding diaryl/α,β-unsaturated/α-hetero) is 1. The number of ketones is 1. The number of hydrogen-bond acceptors (Lipinski definition) is 3. The molecule has 2 aliphatic rings. The molecule has 0 saturated carbocycles. The van der Waals surface area contributed by atoms with Gasteiger partial charge in [0.15, 0.2) is 5.78 Å². The molecule has 0 bridgehead atoms. The van der Waals surface area contributed by atoms with Crippen LogP contribution in [0.1, 0.15) is 33.2 Å². The number of hydrogen-bond donors (Lipinski definition) is 0. The predicted molar refractivity (Wildman–Crippen MR) is 101 cm³/mol. The zero-order valence-corrected chi connectivity index (χ0v) is 15.3. The third-order valence-corrected chi connectivity index (χ3v) is 5.99. The molecular formula is C22H24N2O2. The molecule has 1 fully saturated rings. The van der Waals surface area contributed by atoms with E-state index in [1.54, 1.807) is 17.0 Å². The molecule has 1 saturated heterocycles. The Labute approximate surface area is 154 Å². The first kappa shape index (κ1) is 17.0. The maximum Gasteiger partial charge on any atom is 0.254 e. The smallest absolute Gasteiger partial charge is 0.254 e. The molecular weight excluding hydrogens is 324 g/mol. The van der Waals surface area contributed by atoms with Gasteiger partial charge in [0, 0.05) is 32.2 Å². The van der Waals surface area contributed by atoms with Gasteiger partial charge in [0.1, 0.15) is 0 Å². The van der Waals surface area contributed by atoms with E-state index in [1.807, 2.05) is 32.2 Å². The van der Waals surface area contributed by atoms with E-state index in [-0.39, 0.29) is 17.7 Å². The second-order valence-electron chi connectivity index (χ2n) is 7.69. The van der Waals surface area contributed by atoms with Crippen LogP contribution in [-0.4, -0.2) is 54.2 Å². The Hall–Kier alpha value is -2.46. The van der Waals surface area contributed by atoms with Crippen LogP contribution in [-0.2, 0) is 6.42 Å². The Morgan fingerprint density at radius 1 is 1.00 bits per heavy atom. The average Bonchev–Trinajstić information content (AvgIpc) is 3.01. The molecule has 1 amide bonds. The number of likely N-dealkylation sites (N-methyl/N-ethyl adjacent to an activating group) is 1. The quantitative estimate of drug-likeness (QED) is 0.856. The molecule has 0 unspecified atom stereocenters. The van der Waals surface area contributed by atoms with E-state index < -0.39 is 5.41 Å². The van der Waals surface area contributed by atoms with Gasteiger partial charge < -0.3 is 4.90 Å². The first-order chi connectivity index (χ1) is 12.5. The first-order valence-corrected chi connectivity index (χ1v) is 9.18.